The van der Waals surface area contributed by atoms with E-state index in [-0.39, 0.29) is 56.5 Å². The van der Waals surface area contributed by atoms with E-state index in [2.05, 4.69) is 33.2 Å². The highest BCUT2D eigenvalue weighted by atomic mass is 16.6. The Labute approximate surface area is 378 Å². The second kappa shape index (κ2) is 28.9. The van der Waals surface area contributed by atoms with Gasteiger partial charge in [-0.05, 0) is 77.8 Å². The summed E-state index contributed by atoms with van der Waals surface area (Å²) in [6, 6.07) is 3.07. The van der Waals surface area contributed by atoms with Crippen molar-refractivity contribution in [2.45, 2.75) is 186 Å². The SMILES string of the molecule is CCCCCCCCCCCCCCCC(=O)N(O)CCCC[C@H](NC(=O)C1COC(c2ccccc2O)=N1)C(=O)CN[C@H](NC(=O)OC(C)(C)C)C(=O)N[C@H]1CCCCN(O)C1=O. The molecule has 1 aromatic carbocycles. The van der Waals surface area contributed by atoms with Crippen molar-refractivity contribution >= 4 is 41.4 Å². The highest BCUT2D eigenvalue weighted by Gasteiger charge is 2.34. The van der Waals surface area contributed by atoms with Crippen molar-refractivity contribution < 1.29 is 53.8 Å². The molecule has 2 heterocycles. The summed E-state index contributed by atoms with van der Waals surface area (Å²) in [7, 11) is 0. The topological polar surface area (TPSA) is 249 Å². The van der Waals surface area contributed by atoms with Crippen LogP contribution in [-0.2, 0) is 33.4 Å². The lowest BCUT2D eigenvalue weighted by Gasteiger charge is -2.26. The molecule has 2 aliphatic heterocycles. The molecule has 1 fully saturated rings. The van der Waals surface area contributed by atoms with Gasteiger partial charge >= 0.3 is 6.09 Å². The summed E-state index contributed by atoms with van der Waals surface area (Å²) < 4.78 is 10.9. The largest absolute Gasteiger partial charge is 0.507 e. The molecule has 0 aliphatic carbocycles. The first-order valence-corrected chi connectivity index (χ1v) is 23.4. The Kier molecular flexibility index (Phi) is 24.1. The number of hydrogen-bond acceptors (Lipinski definition) is 13. The van der Waals surface area contributed by atoms with Crippen LogP contribution in [0.25, 0.3) is 0 Å². The van der Waals surface area contributed by atoms with E-state index in [1.807, 2.05) is 0 Å². The number of carbonyl (C=O) groups excluding carboxylic acids is 6. The molecule has 1 unspecified atom stereocenters. The Balaban J connectivity index is 1.58. The van der Waals surface area contributed by atoms with E-state index in [1.54, 1.807) is 39.0 Å². The van der Waals surface area contributed by atoms with Crippen molar-refractivity contribution in [1.82, 2.24) is 31.4 Å². The van der Waals surface area contributed by atoms with E-state index < -0.39 is 66.0 Å². The Morgan fingerprint density at radius 3 is 2.19 bits per heavy atom. The van der Waals surface area contributed by atoms with Gasteiger partial charge in [0.25, 0.3) is 11.8 Å². The summed E-state index contributed by atoms with van der Waals surface area (Å²) in [4.78, 5) is 83.4. The van der Waals surface area contributed by atoms with Crippen LogP contribution in [0.1, 0.15) is 162 Å². The molecule has 1 aromatic rings. The zero-order chi connectivity index (χ0) is 46.9. The smallest absolute Gasteiger partial charge is 0.409 e. The number of aliphatic imine (C=N–C) groups is 1. The molecule has 64 heavy (non-hydrogen) atoms. The number of rotatable bonds is 29. The van der Waals surface area contributed by atoms with E-state index >= 15 is 0 Å². The fraction of sp³-hybridized carbons (Fsp3) is 0.717. The third kappa shape index (κ3) is 20.4. The number of phenols is 1. The van der Waals surface area contributed by atoms with Crippen molar-refractivity contribution in [3.8, 4) is 5.75 Å². The van der Waals surface area contributed by atoms with Crippen molar-refractivity contribution in [3.63, 3.8) is 0 Å². The zero-order valence-electron chi connectivity index (χ0n) is 38.5. The van der Waals surface area contributed by atoms with Crippen LogP contribution in [0, 0.1) is 0 Å². The normalized spacial score (nSPS) is 17.4. The fourth-order valence-corrected chi connectivity index (χ4v) is 7.42. The van der Waals surface area contributed by atoms with Crippen LogP contribution in [0.15, 0.2) is 29.3 Å². The highest BCUT2D eigenvalue weighted by molar-refractivity contribution is 6.01. The van der Waals surface area contributed by atoms with E-state index in [0.29, 0.717) is 47.8 Å². The summed E-state index contributed by atoms with van der Waals surface area (Å²) in [6.45, 7) is 6.54. The van der Waals surface area contributed by atoms with Gasteiger partial charge in [0.05, 0.1) is 18.2 Å². The molecule has 18 nitrogen and oxygen atoms in total. The molecule has 3 rings (SSSR count). The molecule has 0 spiro atoms. The molecule has 18 heteroatoms. The molecule has 2 aliphatic rings. The number of Topliss-reactive ketones (excluding diaryl/α,β-unsaturated/α-hetero) is 1. The zero-order valence-corrected chi connectivity index (χ0v) is 38.5. The number of para-hydroxylation sites is 1. The minimum atomic E-state index is -1.57. The Bertz CT molecular complexity index is 1670. The number of nitrogens with one attached hydrogen (secondary N) is 4. The van der Waals surface area contributed by atoms with Crippen molar-refractivity contribution in [2.24, 2.45) is 4.99 Å². The highest BCUT2D eigenvalue weighted by Crippen LogP contribution is 2.21. The average molecular weight is 902 g/mol. The van der Waals surface area contributed by atoms with Crippen LogP contribution < -0.4 is 21.3 Å². The predicted molar refractivity (Wildman–Crippen MR) is 239 cm³/mol. The molecule has 5 amide bonds. The number of ketones is 1. The minimum absolute atomic E-state index is 0.0162. The number of phenolic OH excluding ortho intramolecular Hbond substituents is 1. The van der Waals surface area contributed by atoms with Gasteiger partial charge in [-0.3, -0.25) is 45.0 Å². The predicted octanol–water partition coefficient (Wildman–Crippen LogP) is 5.79. The first kappa shape index (κ1) is 53.5. The summed E-state index contributed by atoms with van der Waals surface area (Å²) in [5, 5.41) is 42.4. The van der Waals surface area contributed by atoms with Gasteiger partial charge in [-0.2, -0.15) is 0 Å². The van der Waals surface area contributed by atoms with E-state index in [4.69, 9.17) is 9.47 Å². The van der Waals surface area contributed by atoms with Gasteiger partial charge in [0.15, 0.2) is 18.0 Å². The Morgan fingerprint density at radius 2 is 1.55 bits per heavy atom. The maximum atomic E-state index is 13.9. The number of benzene rings is 1. The van der Waals surface area contributed by atoms with Crippen LogP contribution in [-0.4, -0.2) is 123 Å². The van der Waals surface area contributed by atoms with Crippen LogP contribution in [0.3, 0.4) is 0 Å². The Morgan fingerprint density at radius 1 is 0.906 bits per heavy atom. The number of ether oxygens (including phenoxy) is 2. The number of unbranched alkanes of at least 4 members (excludes halogenated alkanes) is 13. The number of carbonyl (C=O) groups is 6. The van der Waals surface area contributed by atoms with Gasteiger partial charge in [0, 0.05) is 19.5 Å². The van der Waals surface area contributed by atoms with Crippen LogP contribution in [0.4, 0.5) is 4.79 Å². The average Bonchev–Trinajstić information content (AvgIpc) is 3.69. The van der Waals surface area contributed by atoms with Gasteiger partial charge in [-0.25, -0.2) is 19.9 Å². The van der Waals surface area contributed by atoms with E-state index in [1.165, 1.54) is 63.9 Å². The second-order valence-corrected chi connectivity index (χ2v) is 17.8. The molecular weight excluding hydrogens is 827 g/mol. The fourth-order valence-electron chi connectivity index (χ4n) is 7.42. The number of alkyl carbamates (subject to hydrolysis) is 1. The van der Waals surface area contributed by atoms with E-state index in [9.17, 15) is 44.3 Å². The third-order valence-electron chi connectivity index (χ3n) is 11.1. The lowest BCUT2D eigenvalue weighted by atomic mass is 10.0. The number of nitrogens with zero attached hydrogens (tertiary/aromatic N) is 3. The maximum Gasteiger partial charge on any atom is 0.409 e. The Hall–Kier alpha value is -4.81. The lowest BCUT2D eigenvalue weighted by molar-refractivity contribution is -0.167. The van der Waals surface area contributed by atoms with Gasteiger partial charge in [-0.1, -0.05) is 96.1 Å². The first-order valence-electron chi connectivity index (χ1n) is 23.4. The number of hydroxylamine groups is 4. The summed E-state index contributed by atoms with van der Waals surface area (Å²) in [5.41, 5.74) is -0.636. The molecule has 4 atom stereocenters. The van der Waals surface area contributed by atoms with Gasteiger partial charge in [-0.15, -0.1) is 0 Å². The third-order valence-corrected chi connectivity index (χ3v) is 11.1. The van der Waals surface area contributed by atoms with Crippen LogP contribution in [0.2, 0.25) is 0 Å². The van der Waals surface area contributed by atoms with Gasteiger partial charge < -0.3 is 25.2 Å². The van der Waals surface area contributed by atoms with Crippen LogP contribution in [0.5, 0.6) is 5.75 Å². The standard InChI is InChI=1S/C46H75N7O11/c1-5-6-7-8-9-10-11-12-13-14-15-16-17-28-39(56)52(61)29-22-20-25-34(48-41(57)36-32-63-43(50-36)33-24-18-19-27-37(33)54)38(55)31-47-40(51-45(60)64-46(2,3)4)42(58)49-35-26-21-23-30-53(62)44(35)59/h18-19,24,27,34-36,40,47,54,61-62H,5-17,20-23,25-26,28-32H2,1-4H3,(H,48,57)(H,49,58)(H,51,60)/t34-,35-,36?,40+/m0/s1. The minimum Gasteiger partial charge on any atom is -0.507 e. The molecule has 360 valence electrons. The monoisotopic (exact) mass is 902 g/mol. The van der Waals surface area contributed by atoms with Crippen molar-refractivity contribution in [2.75, 3.05) is 26.2 Å². The molecule has 0 bridgehead atoms. The quantitative estimate of drug-likeness (QED) is 0.0219. The summed E-state index contributed by atoms with van der Waals surface area (Å²) in [6.07, 6.45) is 15.0. The molecular formula is C46H75N7O11. The van der Waals surface area contributed by atoms with Crippen molar-refractivity contribution in [3.05, 3.63) is 29.8 Å². The number of hydrogen-bond donors (Lipinski definition) is 7. The lowest BCUT2D eigenvalue weighted by Crippen LogP contribution is -2.60. The number of aromatic hydroxyl groups is 1. The molecule has 1 saturated heterocycles. The number of amides is 5. The van der Waals surface area contributed by atoms with Gasteiger partial charge in [0.2, 0.25) is 17.7 Å². The summed E-state index contributed by atoms with van der Waals surface area (Å²) in [5.74, 6) is -3.20. The molecule has 0 radical (unpaired) electrons. The van der Waals surface area contributed by atoms with Crippen LogP contribution >= 0.6 is 0 Å². The van der Waals surface area contributed by atoms with Gasteiger partial charge in [0.1, 0.15) is 24.0 Å². The molecule has 0 saturated carbocycles. The molecule has 7 N–H and O–H groups in total. The van der Waals surface area contributed by atoms with E-state index in [0.717, 1.165) is 19.3 Å². The molecule has 0 aromatic heterocycles. The maximum absolute atomic E-state index is 13.9. The first-order chi connectivity index (χ1) is 30.6. The summed E-state index contributed by atoms with van der Waals surface area (Å²) >= 11 is 0. The van der Waals surface area contributed by atoms with Crippen molar-refractivity contribution in [1.29, 1.82) is 0 Å². The second-order valence-electron chi connectivity index (χ2n) is 17.8.